The molecule has 5 nitrogen and oxygen atoms in total. The van der Waals surface area contributed by atoms with Crippen LogP contribution in [0.3, 0.4) is 0 Å². The van der Waals surface area contributed by atoms with Gasteiger partial charge in [-0.25, -0.2) is 8.42 Å². The summed E-state index contributed by atoms with van der Waals surface area (Å²) < 4.78 is 28.2. The van der Waals surface area contributed by atoms with Crippen LogP contribution >= 0.6 is 11.3 Å². The average molecular weight is 336 g/mol. The number of thiophene rings is 1. The summed E-state index contributed by atoms with van der Waals surface area (Å²) in [6.45, 7) is 1.38. The molecule has 0 atom stereocenters. The van der Waals surface area contributed by atoms with Gasteiger partial charge < -0.3 is 5.32 Å². The van der Waals surface area contributed by atoms with Gasteiger partial charge >= 0.3 is 0 Å². The molecule has 1 aromatic heterocycles. The van der Waals surface area contributed by atoms with E-state index in [9.17, 15) is 13.2 Å². The molecule has 0 radical (unpaired) electrons. The number of para-hydroxylation sites is 2. The lowest BCUT2D eigenvalue weighted by Gasteiger charge is -2.12. The van der Waals surface area contributed by atoms with Crippen molar-refractivity contribution in [3.63, 3.8) is 0 Å². The van der Waals surface area contributed by atoms with Crippen LogP contribution in [0.15, 0.2) is 39.9 Å². The number of sulfonamides is 1. The molecule has 0 aliphatic heterocycles. The van der Waals surface area contributed by atoms with E-state index in [1.54, 1.807) is 24.3 Å². The fraction of sp³-hybridized carbons (Fsp3) is 0.267. The Balaban J connectivity index is 1.91. The highest BCUT2D eigenvalue weighted by Crippen LogP contribution is 2.45. The lowest BCUT2D eigenvalue weighted by molar-refractivity contribution is -0.114. The molecule has 3 rings (SSSR count). The normalized spacial score (nSPS) is 14.6. The van der Waals surface area contributed by atoms with E-state index in [2.05, 4.69) is 10.0 Å². The number of nitrogens with one attached hydrogen (secondary N) is 2. The molecule has 1 aliphatic rings. The summed E-state index contributed by atoms with van der Waals surface area (Å²) in [6, 6.07) is 8.64. The van der Waals surface area contributed by atoms with Crippen LogP contribution in [-0.2, 0) is 14.8 Å². The number of carbonyl (C=O) groups excluding carboxylic acids is 1. The molecule has 1 aliphatic carbocycles. The van der Waals surface area contributed by atoms with Crippen LogP contribution in [0, 0.1) is 0 Å². The minimum atomic E-state index is -3.65. The quantitative estimate of drug-likeness (QED) is 0.879. The van der Waals surface area contributed by atoms with Gasteiger partial charge in [-0.15, -0.1) is 11.3 Å². The third kappa shape index (κ3) is 3.15. The van der Waals surface area contributed by atoms with E-state index >= 15 is 0 Å². The second-order valence-corrected chi connectivity index (χ2v) is 8.06. The van der Waals surface area contributed by atoms with Crippen LogP contribution in [-0.4, -0.2) is 14.3 Å². The summed E-state index contributed by atoms with van der Waals surface area (Å²) in [5.74, 6) is 0.116. The van der Waals surface area contributed by atoms with Crippen LogP contribution in [0.2, 0.25) is 0 Å². The molecule has 1 aromatic carbocycles. The molecule has 2 N–H and O–H groups in total. The van der Waals surface area contributed by atoms with Crippen LogP contribution in [0.4, 0.5) is 11.4 Å². The fourth-order valence-electron chi connectivity index (χ4n) is 2.28. The van der Waals surface area contributed by atoms with Gasteiger partial charge in [-0.3, -0.25) is 9.52 Å². The highest BCUT2D eigenvalue weighted by atomic mass is 32.2. The van der Waals surface area contributed by atoms with Gasteiger partial charge in [0.15, 0.2) is 0 Å². The smallest absolute Gasteiger partial charge is 0.271 e. The van der Waals surface area contributed by atoms with Crippen molar-refractivity contribution >= 4 is 38.6 Å². The molecule has 1 fully saturated rings. The summed E-state index contributed by atoms with van der Waals surface area (Å²) in [5, 5.41) is 4.44. The summed E-state index contributed by atoms with van der Waals surface area (Å²) in [7, 11) is -3.65. The monoisotopic (exact) mass is 336 g/mol. The highest BCUT2D eigenvalue weighted by Gasteiger charge is 2.31. The Morgan fingerprint density at radius 1 is 1.18 bits per heavy atom. The van der Waals surface area contributed by atoms with Crippen LogP contribution in [0.5, 0.6) is 0 Å². The molecular formula is C15H16N2O3S2. The van der Waals surface area contributed by atoms with Crippen LogP contribution in [0.1, 0.15) is 31.2 Å². The Bertz CT molecular complexity index is 808. The predicted octanol–water partition coefficient (Wildman–Crippen LogP) is 3.38. The predicted molar refractivity (Wildman–Crippen MR) is 87.8 cm³/mol. The Labute approximate surface area is 133 Å². The first-order valence-corrected chi connectivity index (χ1v) is 9.30. The van der Waals surface area contributed by atoms with Gasteiger partial charge in [0.25, 0.3) is 10.0 Å². The van der Waals surface area contributed by atoms with Crippen molar-refractivity contribution in [2.75, 3.05) is 10.0 Å². The Hall–Kier alpha value is -1.86. The number of carbonyl (C=O) groups is 1. The molecule has 22 heavy (non-hydrogen) atoms. The van der Waals surface area contributed by atoms with E-state index in [-0.39, 0.29) is 5.91 Å². The maximum Gasteiger partial charge on any atom is 0.271 e. The lowest BCUT2D eigenvalue weighted by atomic mass is 10.2. The number of benzene rings is 1. The first-order chi connectivity index (χ1) is 10.5. The zero-order valence-corrected chi connectivity index (χ0v) is 13.6. The Morgan fingerprint density at radius 3 is 2.50 bits per heavy atom. The van der Waals surface area contributed by atoms with Gasteiger partial charge in [0.2, 0.25) is 5.91 Å². The first-order valence-electron chi connectivity index (χ1n) is 6.94. The topological polar surface area (TPSA) is 75.3 Å². The Morgan fingerprint density at radius 2 is 1.86 bits per heavy atom. The van der Waals surface area contributed by atoms with Crippen molar-refractivity contribution in [1.82, 2.24) is 0 Å². The first kappa shape index (κ1) is 15.1. The SMILES string of the molecule is CC(=O)Nc1ccccc1NS(=O)(=O)c1sccc1C1CC1. The molecular weight excluding hydrogens is 320 g/mol. The van der Waals surface area contributed by atoms with Gasteiger partial charge in [0, 0.05) is 6.92 Å². The van der Waals surface area contributed by atoms with E-state index in [0.29, 0.717) is 21.5 Å². The van der Waals surface area contributed by atoms with Gasteiger partial charge in [0.05, 0.1) is 11.4 Å². The van der Waals surface area contributed by atoms with Crippen molar-refractivity contribution in [3.8, 4) is 0 Å². The largest absolute Gasteiger partial charge is 0.325 e. The number of hydrogen-bond donors (Lipinski definition) is 2. The molecule has 1 amide bonds. The highest BCUT2D eigenvalue weighted by molar-refractivity contribution is 7.94. The summed E-state index contributed by atoms with van der Waals surface area (Å²) in [4.78, 5) is 11.2. The molecule has 2 aromatic rings. The van der Waals surface area contributed by atoms with E-state index in [0.717, 1.165) is 18.4 Å². The summed E-state index contributed by atoms with van der Waals surface area (Å²) in [5.41, 5.74) is 1.71. The van der Waals surface area contributed by atoms with Gasteiger partial charge in [-0.05, 0) is 47.9 Å². The Kier molecular flexibility index (Phi) is 3.92. The van der Waals surface area contributed by atoms with Crippen molar-refractivity contribution in [1.29, 1.82) is 0 Å². The van der Waals surface area contributed by atoms with Crippen molar-refractivity contribution in [2.24, 2.45) is 0 Å². The van der Waals surface area contributed by atoms with Gasteiger partial charge in [-0.2, -0.15) is 0 Å². The number of rotatable bonds is 5. The zero-order chi connectivity index (χ0) is 15.7. The molecule has 1 saturated carbocycles. The van der Waals surface area contributed by atoms with Gasteiger partial charge in [-0.1, -0.05) is 12.1 Å². The minimum absolute atomic E-state index is 0.249. The molecule has 0 bridgehead atoms. The van der Waals surface area contributed by atoms with Crippen molar-refractivity contribution < 1.29 is 13.2 Å². The van der Waals surface area contributed by atoms with Crippen molar-refractivity contribution in [3.05, 3.63) is 41.3 Å². The molecule has 0 spiro atoms. The maximum atomic E-state index is 12.6. The van der Waals surface area contributed by atoms with E-state index < -0.39 is 10.0 Å². The fourth-order valence-corrected chi connectivity index (χ4v) is 4.90. The maximum absolute atomic E-state index is 12.6. The second kappa shape index (κ2) is 5.73. The summed E-state index contributed by atoms with van der Waals surface area (Å²) >= 11 is 1.23. The van der Waals surface area contributed by atoms with Crippen LogP contribution in [0.25, 0.3) is 0 Å². The van der Waals surface area contributed by atoms with E-state index in [1.807, 2.05) is 11.4 Å². The molecule has 0 unspecified atom stereocenters. The molecule has 116 valence electrons. The third-order valence-electron chi connectivity index (χ3n) is 3.40. The minimum Gasteiger partial charge on any atom is -0.325 e. The standard InChI is InChI=1S/C15H16N2O3S2/c1-10(18)16-13-4-2-3-5-14(13)17-22(19,20)15-12(8-9-21-15)11-6-7-11/h2-5,8-9,11,17H,6-7H2,1H3,(H,16,18). The zero-order valence-electron chi connectivity index (χ0n) is 12.0. The van der Waals surface area contributed by atoms with E-state index in [1.165, 1.54) is 18.3 Å². The average Bonchev–Trinajstić information content (AvgIpc) is 3.16. The van der Waals surface area contributed by atoms with Crippen molar-refractivity contribution in [2.45, 2.75) is 29.9 Å². The number of amides is 1. The molecule has 1 heterocycles. The summed E-state index contributed by atoms with van der Waals surface area (Å²) in [6.07, 6.45) is 2.09. The number of hydrogen-bond acceptors (Lipinski definition) is 4. The molecule has 7 heteroatoms. The third-order valence-corrected chi connectivity index (χ3v) is 6.28. The second-order valence-electron chi connectivity index (χ2n) is 5.27. The number of anilines is 2. The van der Waals surface area contributed by atoms with Gasteiger partial charge in [0.1, 0.15) is 4.21 Å². The van der Waals surface area contributed by atoms with Crippen LogP contribution < -0.4 is 10.0 Å². The van der Waals surface area contributed by atoms with E-state index in [4.69, 9.17) is 0 Å². The molecule has 0 saturated heterocycles. The lowest BCUT2D eigenvalue weighted by Crippen LogP contribution is -2.15.